The molecule has 0 spiro atoms. The summed E-state index contributed by atoms with van der Waals surface area (Å²) >= 11 is 0. The molecule has 3 amide bonds. The van der Waals surface area contributed by atoms with Gasteiger partial charge in [0.1, 0.15) is 17.6 Å². The van der Waals surface area contributed by atoms with Gasteiger partial charge in [-0.25, -0.2) is 9.48 Å². The SMILES string of the molecule is Cc1cc(-n2c(C)cc(C(=O)CN3C(=O)N[C@@](C)(c4cccc(-n5cnnn5)c4)C3=O)c2C)no1. The summed E-state index contributed by atoms with van der Waals surface area (Å²) in [5.74, 6) is 0.315. The first-order valence-electron chi connectivity index (χ1n) is 10.8. The standard InChI is InChI=1S/C23H22N8O4/c1-13-8-18(15(3)31(13)20-9-14(2)35-26-20)19(32)11-29-21(33)23(4,25-22(29)34)16-6-5-7-17(10-16)30-12-24-27-28-30/h5-10,12H,11H2,1-4H3,(H,25,34)/t23-/m0/s1. The summed E-state index contributed by atoms with van der Waals surface area (Å²) in [5, 5.41) is 17.8. The van der Waals surface area contributed by atoms with Gasteiger partial charge in [-0.05, 0) is 61.9 Å². The maximum Gasteiger partial charge on any atom is 0.325 e. The normalized spacial score (nSPS) is 17.8. The molecular formula is C23H22N8O4. The molecule has 4 aromatic rings. The highest BCUT2D eigenvalue weighted by Gasteiger charge is 2.49. The van der Waals surface area contributed by atoms with Crippen LogP contribution in [0.5, 0.6) is 0 Å². The minimum Gasteiger partial charge on any atom is -0.360 e. The van der Waals surface area contributed by atoms with Crippen LogP contribution in [0.25, 0.3) is 11.5 Å². The molecule has 3 aromatic heterocycles. The maximum absolute atomic E-state index is 13.4. The third-order valence-electron chi connectivity index (χ3n) is 6.19. The van der Waals surface area contributed by atoms with E-state index < -0.39 is 24.0 Å². The molecular weight excluding hydrogens is 452 g/mol. The van der Waals surface area contributed by atoms with E-state index in [1.54, 1.807) is 61.7 Å². The Morgan fingerprint density at radius 1 is 1.14 bits per heavy atom. The Balaban J connectivity index is 1.41. The van der Waals surface area contributed by atoms with Crippen LogP contribution < -0.4 is 5.32 Å². The van der Waals surface area contributed by atoms with Crippen LogP contribution in [-0.2, 0) is 10.3 Å². The number of benzene rings is 1. The second-order valence-electron chi connectivity index (χ2n) is 8.59. The quantitative estimate of drug-likeness (QED) is 0.330. The van der Waals surface area contributed by atoms with E-state index in [0.717, 1.165) is 10.6 Å². The zero-order chi connectivity index (χ0) is 24.9. The summed E-state index contributed by atoms with van der Waals surface area (Å²) in [7, 11) is 0. The number of nitrogens with zero attached hydrogens (tertiary/aromatic N) is 7. The Bertz CT molecular complexity index is 1470. The molecule has 12 nitrogen and oxygen atoms in total. The van der Waals surface area contributed by atoms with Gasteiger partial charge < -0.3 is 9.84 Å². The third kappa shape index (κ3) is 3.59. The van der Waals surface area contributed by atoms with Gasteiger partial charge in [-0.1, -0.05) is 17.3 Å². The molecule has 0 bridgehead atoms. The number of hydrogen-bond donors (Lipinski definition) is 1. The van der Waals surface area contributed by atoms with Crippen molar-refractivity contribution in [2.24, 2.45) is 0 Å². The van der Waals surface area contributed by atoms with Crippen molar-refractivity contribution in [1.82, 2.24) is 40.1 Å². The number of carbonyl (C=O) groups excluding carboxylic acids is 3. The van der Waals surface area contributed by atoms with Crippen LogP contribution in [0, 0.1) is 20.8 Å². The fourth-order valence-electron chi connectivity index (χ4n) is 4.36. The lowest BCUT2D eigenvalue weighted by Crippen LogP contribution is -2.41. The van der Waals surface area contributed by atoms with Gasteiger partial charge in [0.15, 0.2) is 11.6 Å². The number of aromatic nitrogens is 6. The average molecular weight is 474 g/mol. The molecule has 178 valence electrons. The summed E-state index contributed by atoms with van der Waals surface area (Å²) in [6, 6.07) is 9.80. The van der Waals surface area contributed by atoms with Gasteiger partial charge in [0, 0.05) is 23.0 Å². The third-order valence-corrected chi connectivity index (χ3v) is 6.19. The van der Waals surface area contributed by atoms with Crippen molar-refractivity contribution in [3.05, 3.63) is 71.0 Å². The molecule has 35 heavy (non-hydrogen) atoms. The number of imide groups is 1. The molecule has 1 N–H and O–H groups in total. The molecule has 1 atom stereocenters. The van der Waals surface area contributed by atoms with Gasteiger partial charge in [-0.2, -0.15) is 0 Å². The Hall–Kier alpha value is -4.61. The van der Waals surface area contributed by atoms with E-state index in [4.69, 9.17) is 4.52 Å². The minimum absolute atomic E-state index is 0.361. The van der Waals surface area contributed by atoms with Gasteiger partial charge in [0.2, 0.25) is 0 Å². The highest BCUT2D eigenvalue weighted by atomic mass is 16.5. The largest absolute Gasteiger partial charge is 0.360 e. The molecule has 1 aliphatic heterocycles. The number of carbonyl (C=O) groups is 3. The summed E-state index contributed by atoms with van der Waals surface area (Å²) < 4.78 is 8.40. The topological polar surface area (TPSA) is 141 Å². The number of ketones is 1. The van der Waals surface area contributed by atoms with E-state index in [1.807, 2.05) is 6.92 Å². The van der Waals surface area contributed by atoms with Gasteiger partial charge >= 0.3 is 6.03 Å². The number of rotatable bonds is 6. The van der Waals surface area contributed by atoms with Crippen molar-refractivity contribution in [3.8, 4) is 11.5 Å². The first-order chi connectivity index (χ1) is 16.7. The van der Waals surface area contributed by atoms with Crippen molar-refractivity contribution in [2.45, 2.75) is 33.2 Å². The molecule has 1 aliphatic rings. The summed E-state index contributed by atoms with van der Waals surface area (Å²) in [4.78, 5) is 40.4. The van der Waals surface area contributed by atoms with Gasteiger partial charge in [-0.15, -0.1) is 5.10 Å². The fraction of sp³-hybridized carbons (Fsp3) is 0.261. The molecule has 0 unspecified atom stereocenters. The van der Waals surface area contributed by atoms with E-state index in [-0.39, 0.29) is 5.78 Å². The molecule has 0 aliphatic carbocycles. The number of hydrogen-bond acceptors (Lipinski definition) is 8. The van der Waals surface area contributed by atoms with E-state index >= 15 is 0 Å². The lowest BCUT2D eigenvalue weighted by atomic mass is 9.91. The molecule has 0 radical (unpaired) electrons. The lowest BCUT2D eigenvalue weighted by molar-refractivity contribution is -0.130. The highest BCUT2D eigenvalue weighted by Crippen LogP contribution is 2.30. The first kappa shape index (κ1) is 22.2. The predicted octanol–water partition coefficient (Wildman–Crippen LogP) is 2.02. The van der Waals surface area contributed by atoms with Crippen LogP contribution in [0.2, 0.25) is 0 Å². The number of nitrogens with one attached hydrogen (secondary N) is 1. The Morgan fingerprint density at radius 3 is 2.63 bits per heavy atom. The molecule has 0 saturated carbocycles. The summed E-state index contributed by atoms with van der Waals surface area (Å²) in [5.41, 5.74) is 1.64. The fourth-order valence-corrected chi connectivity index (χ4v) is 4.36. The second-order valence-corrected chi connectivity index (χ2v) is 8.59. The lowest BCUT2D eigenvalue weighted by Gasteiger charge is -2.22. The van der Waals surface area contributed by atoms with Gasteiger partial charge in [-0.3, -0.25) is 19.1 Å². The molecule has 4 heterocycles. The van der Waals surface area contributed by atoms with Gasteiger partial charge in [0.25, 0.3) is 5.91 Å². The predicted molar refractivity (Wildman–Crippen MR) is 121 cm³/mol. The van der Waals surface area contributed by atoms with Crippen molar-refractivity contribution in [1.29, 1.82) is 0 Å². The first-order valence-corrected chi connectivity index (χ1v) is 10.8. The smallest absolute Gasteiger partial charge is 0.325 e. The molecule has 5 rings (SSSR count). The van der Waals surface area contributed by atoms with E-state index in [1.165, 1.54) is 11.0 Å². The maximum atomic E-state index is 13.4. The molecule has 1 fully saturated rings. The molecule has 1 saturated heterocycles. The van der Waals surface area contributed by atoms with Crippen molar-refractivity contribution in [3.63, 3.8) is 0 Å². The highest BCUT2D eigenvalue weighted by molar-refractivity contribution is 6.11. The number of urea groups is 1. The molecule has 1 aromatic carbocycles. The van der Waals surface area contributed by atoms with E-state index in [2.05, 4.69) is 26.0 Å². The van der Waals surface area contributed by atoms with Crippen LogP contribution >= 0.6 is 0 Å². The van der Waals surface area contributed by atoms with E-state index in [9.17, 15) is 14.4 Å². The Kier molecular flexibility index (Phi) is 5.08. The van der Waals surface area contributed by atoms with E-state index in [0.29, 0.717) is 34.1 Å². The minimum atomic E-state index is -1.35. The van der Waals surface area contributed by atoms with Crippen molar-refractivity contribution < 1.29 is 18.9 Å². The summed E-state index contributed by atoms with van der Waals surface area (Å²) in [6.07, 6.45) is 1.43. The van der Waals surface area contributed by atoms with Crippen LogP contribution in [0.4, 0.5) is 4.79 Å². The molecule has 12 heteroatoms. The van der Waals surface area contributed by atoms with Crippen molar-refractivity contribution in [2.75, 3.05) is 6.54 Å². The second kappa shape index (κ2) is 8.01. The number of tetrazole rings is 1. The number of amides is 3. The number of aryl methyl sites for hydroxylation is 2. The average Bonchev–Trinajstić information content (AvgIpc) is 3.60. The number of Topliss-reactive ketones (excluding diaryl/α,β-unsaturated/α-hetero) is 1. The van der Waals surface area contributed by atoms with Crippen LogP contribution in [-0.4, -0.2) is 59.1 Å². The summed E-state index contributed by atoms with van der Waals surface area (Å²) in [6.45, 7) is 6.62. The Morgan fingerprint density at radius 2 is 1.94 bits per heavy atom. The van der Waals surface area contributed by atoms with Crippen LogP contribution in [0.3, 0.4) is 0 Å². The van der Waals surface area contributed by atoms with Crippen LogP contribution in [0.1, 0.15) is 40.0 Å². The zero-order valence-electron chi connectivity index (χ0n) is 19.5. The zero-order valence-corrected chi connectivity index (χ0v) is 19.5. The van der Waals surface area contributed by atoms with Crippen LogP contribution in [0.15, 0.2) is 47.2 Å². The monoisotopic (exact) mass is 474 g/mol. The van der Waals surface area contributed by atoms with Crippen molar-refractivity contribution >= 4 is 17.7 Å². The van der Waals surface area contributed by atoms with Gasteiger partial charge in [0.05, 0.1) is 12.2 Å². The Labute approximate surface area is 199 Å².